The lowest BCUT2D eigenvalue weighted by Crippen LogP contribution is -2.48. The Morgan fingerprint density at radius 3 is 2.47 bits per heavy atom. The van der Waals surface area contributed by atoms with Gasteiger partial charge in [0.05, 0.1) is 0 Å². The lowest BCUT2D eigenvalue weighted by Gasteiger charge is -2.34. The summed E-state index contributed by atoms with van der Waals surface area (Å²) in [5.41, 5.74) is 0. The summed E-state index contributed by atoms with van der Waals surface area (Å²) in [4.78, 5) is 11.9. The molecule has 0 heterocycles. The van der Waals surface area contributed by atoms with E-state index < -0.39 is 11.8 Å². The van der Waals surface area contributed by atoms with Crippen molar-refractivity contribution in [2.24, 2.45) is 5.92 Å². The van der Waals surface area contributed by atoms with Gasteiger partial charge in [-0.15, -0.1) is 0 Å². The zero-order chi connectivity index (χ0) is 11.1. The van der Waals surface area contributed by atoms with Crippen molar-refractivity contribution in [1.82, 2.24) is 5.32 Å². The number of rotatable bonds is 2. The first-order valence-electron chi connectivity index (χ1n) is 5.30. The number of hydrogen-bond acceptors (Lipinski definition) is 1. The van der Waals surface area contributed by atoms with Gasteiger partial charge in [0.2, 0.25) is 11.8 Å². The predicted octanol–water partition coefficient (Wildman–Crippen LogP) is 2.46. The Kier molecular flexibility index (Phi) is 3.01. The maximum Gasteiger partial charge on any atom is 0.249 e. The third-order valence-corrected chi connectivity index (χ3v) is 4.32. The third-order valence-electron chi connectivity index (χ3n) is 3.22. The zero-order valence-electron chi connectivity index (χ0n) is 8.31. The molecule has 1 N–H and O–H groups in total. The van der Waals surface area contributed by atoms with Crippen LogP contribution in [-0.4, -0.2) is 22.7 Å². The van der Waals surface area contributed by atoms with Crippen LogP contribution < -0.4 is 5.32 Å². The molecule has 0 aliphatic heterocycles. The minimum atomic E-state index is -2.61. The first kappa shape index (κ1) is 11.3. The number of alkyl halides is 3. The summed E-state index contributed by atoms with van der Waals surface area (Å²) in [6, 6.07) is 0.131. The second kappa shape index (κ2) is 4.00. The molecule has 0 bridgehead atoms. The molecule has 86 valence electrons. The quantitative estimate of drug-likeness (QED) is 0.774. The molecule has 0 saturated heterocycles. The van der Waals surface area contributed by atoms with Crippen LogP contribution in [0.15, 0.2) is 0 Å². The highest BCUT2D eigenvalue weighted by molar-refractivity contribution is 9.09. The Hall–Kier alpha value is -0.190. The molecule has 0 spiro atoms. The first-order chi connectivity index (χ1) is 6.98. The molecule has 5 heteroatoms. The van der Waals surface area contributed by atoms with Crippen LogP contribution in [-0.2, 0) is 4.79 Å². The zero-order valence-corrected chi connectivity index (χ0v) is 9.90. The Morgan fingerprint density at radius 2 is 2.00 bits per heavy atom. The smallest absolute Gasteiger partial charge is 0.249 e. The number of amides is 1. The largest absolute Gasteiger partial charge is 0.352 e. The average molecular weight is 282 g/mol. The van der Waals surface area contributed by atoms with Gasteiger partial charge in [-0.05, 0) is 12.8 Å². The van der Waals surface area contributed by atoms with Crippen molar-refractivity contribution in [3.63, 3.8) is 0 Å². The highest BCUT2D eigenvalue weighted by atomic mass is 79.9. The summed E-state index contributed by atoms with van der Waals surface area (Å²) in [6.45, 7) is 0. The van der Waals surface area contributed by atoms with Gasteiger partial charge in [0.15, 0.2) is 0 Å². The molecule has 1 amide bonds. The van der Waals surface area contributed by atoms with Gasteiger partial charge in [0, 0.05) is 29.6 Å². The summed E-state index contributed by atoms with van der Waals surface area (Å²) < 4.78 is 25.1. The molecule has 15 heavy (non-hydrogen) atoms. The van der Waals surface area contributed by atoms with Crippen LogP contribution in [0.25, 0.3) is 0 Å². The molecule has 0 aromatic rings. The SMILES string of the molecule is O=C(NC1CCCC1Br)C1CC(F)(F)C1. The molecule has 2 fully saturated rings. The van der Waals surface area contributed by atoms with Crippen molar-refractivity contribution in [2.75, 3.05) is 0 Å². The van der Waals surface area contributed by atoms with Gasteiger partial charge in [-0.25, -0.2) is 8.78 Å². The molecule has 2 aliphatic rings. The van der Waals surface area contributed by atoms with Crippen LogP contribution in [0.5, 0.6) is 0 Å². The maximum atomic E-state index is 12.5. The molecule has 2 atom stereocenters. The number of halogens is 3. The Balaban J connectivity index is 1.78. The molecular weight excluding hydrogens is 268 g/mol. The van der Waals surface area contributed by atoms with Crippen molar-refractivity contribution in [1.29, 1.82) is 0 Å². The van der Waals surface area contributed by atoms with Gasteiger partial charge in [-0.1, -0.05) is 22.4 Å². The Labute approximate surface area is 95.9 Å². The second-order valence-electron chi connectivity index (χ2n) is 4.52. The van der Waals surface area contributed by atoms with Crippen molar-refractivity contribution in [2.45, 2.75) is 48.9 Å². The molecule has 0 aromatic heterocycles. The van der Waals surface area contributed by atoms with Gasteiger partial charge in [-0.3, -0.25) is 4.79 Å². The lowest BCUT2D eigenvalue weighted by atomic mass is 9.80. The molecular formula is C10H14BrF2NO. The molecule has 2 aliphatic carbocycles. The lowest BCUT2D eigenvalue weighted by molar-refractivity contribution is -0.150. The summed E-state index contributed by atoms with van der Waals surface area (Å²) in [5.74, 6) is -3.27. The minimum absolute atomic E-state index is 0.131. The molecule has 0 aromatic carbocycles. The van der Waals surface area contributed by atoms with Gasteiger partial charge in [-0.2, -0.15) is 0 Å². The Morgan fingerprint density at radius 1 is 1.33 bits per heavy atom. The summed E-state index contributed by atoms with van der Waals surface area (Å²) >= 11 is 3.48. The number of carbonyl (C=O) groups excluding carboxylic acids is 1. The van der Waals surface area contributed by atoms with Crippen molar-refractivity contribution >= 4 is 21.8 Å². The monoisotopic (exact) mass is 281 g/mol. The van der Waals surface area contributed by atoms with Gasteiger partial charge in [0.25, 0.3) is 0 Å². The maximum absolute atomic E-state index is 12.5. The second-order valence-corrected chi connectivity index (χ2v) is 5.70. The van der Waals surface area contributed by atoms with E-state index in [0.717, 1.165) is 19.3 Å². The molecule has 2 rings (SSSR count). The van der Waals surface area contributed by atoms with Gasteiger partial charge < -0.3 is 5.32 Å². The number of hydrogen-bond donors (Lipinski definition) is 1. The minimum Gasteiger partial charge on any atom is -0.352 e. The van der Waals surface area contributed by atoms with Crippen molar-refractivity contribution in [3.8, 4) is 0 Å². The van der Waals surface area contributed by atoms with E-state index >= 15 is 0 Å². The highest BCUT2D eigenvalue weighted by Crippen LogP contribution is 2.42. The summed E-state index contributed by atoms with van der Waals surface area (Å²) in [5, 5.41) is 2.85. The fraction of sp³-hybridized carbons (Fsp3) is 0.900. The van der Waals surface area contributed by atoms with E-state index in [4.69, 9.17) is 0 Å². The summed E-state index contributed by atoms with van der Waals surface area (Å²) in [7, 11) is 0. The fourth-order valence-electron chi connectivity index (χ4n) is 2.22. The standard InChI is InChI=1S/C10H14BrF2NO/c11-7-2-1-3-8(7)14-9(15)6-4-10(12,13)5-6/h6-8H,1-5H2,(H,14,15). The van der Waals surface area contributed by atoms with Crippen molar-refractivity contribution < 1.29 is 13.6 Å². The van der Waals surface area contributed by atoms with Crippen molar-refractivity contribution in [3.05, 3.63) is 0 Å². The van der Waals surface area contributed by atoms with Crippen LogP contribution in [0.1, 0.15) is 32.1 Å². The number of nitrogens with one attached hydrogen (secondary N) is 1. The average Bonchev–Trinajstić information content (AvgIpc) is 2.47. The fourth-order valence-corrected chi connectivity index (χ4v) is 2.94. The van der Waals surface area contributed by atoms with E-state index in [9.17, 15) is 13.6 Å². The molecule has 2 saturated carbocycles. The van der Waals surface area contributed by atoms with Crippen LogP contribution >= 0.6 is 15.9 Å². The van der Waals surface area contributed by atoms with Gasteiger partial charge in [0.1, 0.15) is 0 Å². The van der Waals surface area contributed by atoms with E-state index in [1.165, 1.54) is 0 Å². The van der Waals surface area contributed by atoms with E-state index in [1.807, 2.05) is 0 Å². The van der Waals surface area contributed by atoms with Gasteiger partial charge >= 0.3 is 0 Å². The van der Waals surface area contributed by atoms with E-state index in [2.05, 4.69) is 21.2 Å². The highest BCUT2D eigenvalue weighted by Gasteiger charge is 2.49. The summed E-state index contributed by atoms with van der Waals surface area (Å²) in [6.07, 6.45) is 2.52. The van der Waals surface area contributed by atoms with E-state index in [1.54, 1.807) is 0 Å². The first-order valence-corrected chi connectivity index (χ1v) is 6.22. The molecule has 2 nitrogen and oxygen atoms in total. The normalized spacial score (nSPS) is 34.9. The van der Waals surface area contributed by atoms with Crippen LogP contribution in [0.4, 0.5) is 8.78 Å². The molecule has 2 unspecified atom stereocenters. The molecule has 0 radical (unpaired) electrons. The third kappa shape index (κ3) is 2.49. The topological polar surface area (TPSA) is 29.1 Å². The van der Waals surface area contributed by atoms with E-state index in [0.29, 0.717) is 4.83 Å². The van der Waals surface area contributed by atoms with Crippen LogP contribution in [0, 0.1) is 5.92 Å². The van der Waals surface area contributed by atoms with Crippen LogP contribution in [0.2, 0.25) is 0 Å². The Bertz CT molecular complexity index is 264. The van der Waals surface area contributed by atoms with Crippen LogP contribution in [0.3, 0.4) is 0 Å². The van der Waals surface area contributed by atoms with E-state index in [-0.39, 0.29) is 24.8 Å². The predicted molar refractivity (Wildman–Crippen MR) is 56.2 cm³/mol. The number of carbonyl (C=O) groups is 1.